The van der Waals surface area contributed by atoms with Crippen molar-refractivity contribution in [3.05, 3.63) is 54.1 Å². The minimum Gasteiger partial charge on any atom is -0.397 e. The van der Waals surface area contributed by atoms with Crippen molar-refractivity contribution >= 4 is 60.2 Å². The van der Waals surface area contributed by atoms with Gasteiger partial charge < -0.3 is 21.3 Å². The van der Waals surface area contributed by atoms with Crippen LogP contribution in [0.5, 0.6) is 0 Å². The first-order valence-electron chi connectivity index (χ1n) is 9.26. The fourth-order valence-corrected chi connectivity index (χ4v) is 3.39. The third-order valence-electron chi connectivity index (χ3n) is 4.62. The van der Waals surface area contributed by atoms with Gasteiger partial charge in [0.2, 0.25) is 0 Å². The standard InChI is InChI=1S/C21H28N4O.3ClH/c1-15(2)13-25-12-11-18(14-25)23-17-9-7-16(8-10-17)21(26)24-20-6-4-3-5-19(20)22;;;/h3-10,15,18,23H,11-14,22H2,1-2H3,(H,24,26);3*1H/t18-;;;/m1.../s1. The van der Waals surface area contributed by atoms with E-state index in [0.29, 0.717) is 28.9 Å². The summed E-state index contributed by atoms with van der Waals surface area (Å²) in [5, 5.41) is 6.43. The van der Waals surface area contributed by atoms with Crippen LogP contribution in [-0.2, 0) is 0 Å². The van der Waals surface area contributed by atoms with Crippen LogP contribution in [-0.4, -0.2) is 36.5 Å². The summed E-state index contributed by atoms with van der Waals surface area (Å²) in [5.41, 5.74) is 8.74. The molecule has 0 saturated carbocycles. The lowest BCUT2D eigenvalue weighted by Crippen LogP contribution is -2.29. The van der Waals surface area contributed by atoms with Crippen molar-refractivity contribution in [3.8, 4) is 0 Å². The van der Waals surface area contributed by atoms with E-state index in [1.807, 2.05) is 36.4 Å². The van der Waals surface area contributed by atoms with Gasteiger partial charge in [0.1, 0.15) is 0 Å². The van der Waals surface area contributed by atoms with Gasteiger partial charge >= 0.3 is 0 Å². The molecule has 1 amide bonds. The fourth-order valence-electron chi connectivity index (χ4n) is 3.39. The average Bonchev–Trinajstić information content (AvgIpc) is 3.03. The van der Waals surface area contributed by atoms with Gasteiger partial charge in [-0.15, -0.1) is 37.2 Å². The molecule has 162 valence electrons. The Morgan fingerprint density at radius 1 is 1.10 bits per heavy atom. The number of amides is 1. The Balaban J connectivity index is 0.00000261. The van der Waals surface area contributed by atoms with Gasteiger partial charge in [0.15, 0.2) is 0 Å². The van der Waals surface area contributed by atoms with E-state index < -0.39 is 0 Å². The number of hydrogen-bond acceptors (Lipinski definition) is 4. The summed E-state index contributed by atoms with van der Waals surface area (Å²) in [5.74, 6) is 0.545. The maximum Gasteiger partial charge on any atom is 0.255 e. The maximum atomic E-state index is 12.4. The average molecular weight is 462 g/mol. The van der Waals surface area contributed by atoms with Gasteiger partial charge in [0, 0.05) is 36.9 Å². The molecule has 1 aliphatic rings. The van der Waals surface area contributed by atoms with Gasteiger partial charge in [0.05, 0.1) is 11.4 Å². The van der Waals surface area contributed by atoms with Crippen LogP contribution in [0.1, 0.15) is 30.6 Å². The van der Waals surface area contributed by atoms with Gasteiger partial charge in [-0.25, -0.2) is 0 Å². The quantitative estimate of drug-likeness (QED) is 0.533. The third-order valence-corrected chi connectivity index (χ3v) is 4.62. The number of nitrogen functional groups attached to an aromatic ring is 1. The van der Waals surface area contributed by atoms with Crippen molar-refractivity contribution in [2.24, 2.45) is 5.92 Å². The molecule has 29 heavy (non-hydrogen) atoms. The number of rotatable bonds is 6. The molecule has 0 unspecified atom stereocenters. The van der Waals surface area contributed by atoms with Crippen molar-refractivity contribution < 1.29 is 4.79 Å². The zero-order valence-electron chi connectivity index (χ0n) is 16.8. The molecule has 0 aromatic heterocycles. The molecule has 0 aliphatic carbocycles. The van der Waals surface area contributed by atoms with Crippen molar-refractivity contribution in [3.63, 3.8) is 0 Å². The number of likely N-dealkylation sites (tertiary alicyclic amines) is 1. The maximum absolute atomic E-state index is 12.4. The lowest BCUT2D eigenvalue weighted by molar-refractivity contribution is 0.102. The highest BCUT2D eigenvalue weighted by molar-refractivity contribution is 6.05. The van der Waals surface area contributed by atoms with Crippen LogP contribution >= 0.6 is 37.2 Å². The Kier molecular flexibility index (Phi) is 12.1. The Morgan fingerprint density at radius 3 is 2.38 bits per heavy atom. The number of carbonyl (C=O) groups excluding carboxylic acids is 1. The molecule has 0 bridgehead atoms. The molecule has 4 N–H and O–H groups in total. The summed E-state index contributed by atoms with van der Waals surface area (Å²) in [7, 11) is 0. The van der Waals surface area contributed by atoms with E-state index in [1.165, 1.54) is 0 Å². The smallest absolute Gasteiger partial charge is 0.255 e. The predicted molar refractivity (Wildman–Crippen MR) is 130 cm³/mol. The Hall–Kier alpha value is -1.66. The number of benzene rings is 2. The lowest BCUT2D eigenvalue weighted by atomic mass is 10.1. The van der Waals surface area contributed by atoms with Gasteiger partial charge in [-0.3, -0.25) is 4.79 Å². The summed E-state index contributed by atoms with van der Waals surface area (Å²) < 4.78 is 0. The van der Waals surface area contributed by atoms with Crippen LogP contribution in [0.2, 0.25) is 0 Å². The highest BCUT2D eigenvalue weighted by Gasteiger charge is 2.22. The van der Waals surface area contributed by atoms with E-state index in [4.69, 9.17) is 5.73 Å². The zero-order valence-corrected chi connectivity index (χ0v) is 19.2. The SMILES string of the molecule is CC(C)CN1CC[C@@H](Nc2ccc(C(=O)Nc3ccccc3N)cc2)C1.Cl.Cl.Cl. The number of carbonyl (C=O) groups is 1. The molecular formula is C21H31Cl3N4O. The zero-order chi connectivity index (χ0) is 18.5. The monoisotopic (exact) mass is 460 g/mol. The number of halogens is 3. The second-order valence-corrected chi connectivity index (χ2v) is 7.40. The molecule has 0 spiro atoms. The number of nitrogens with two attached hydrogens (primary N) is 1. The first-order valence-corrected chi connectivity index (χ1v) is 9.26. The first kappa shape index (κ1) is 27.3. The van der Waals surface area contributed by atoms with Crippen molar-refractivity contribution in [1.82, 2.24) is 4.90 Å². The Bertz CT molecular complexity index is 756. The van der Waals surface area contributed by atoms with Crippen LogP contribution < -0.4 is 16.4 Å². The Morgan fingerprint density at radius 2 is 1.76 bits per heavy atom. The van der Waals surface area contributed by atoms with Gasteiger partial charge in [-0.05, 0) is 48.7 Å². The van der Waals surface area contributed by atoms with Crippen molar-refractivity contribution in [2.45, 2.75) is 26.3 Å². The molecule has 3 rings (SSSR count). The molecule has 8 heteroatoms. The van der Waals surface area contributed by atoms with Gasteiger partial charge in [-0.1, -0.05) is 26.0 Å². The minimum absolute atomic E-state index is 0. The van der Waals surface area contributed by atoms with E-state index in [1.54, 1.807) is 12.1 Å². The van der Waals surface area contributed by atoms with Crippen molar-refractivity contribution in [1.29, 1.82) is 0 Å². The highest BCUT2D eigenvalue weighted by atomic mass is 35.5. The van der Waals surface area contributed by atoms with Crippen LogP contribution in [0.25, 0.3) is 0 Å². The fraction of sp³-hybridized carbons (Fsp3) is 0.381. The number of anilines is 3. The second kappa shape index (κ2) is 12.8. The number of nitrogens with one attached hydrogen (secondary N) is 2. The van der Waals surface area contributed by atoms with Crippen LogP contribution in [0, 0.1) is 5.92 Å². The van der Waals surface area contributed by atoms with Gasteiger partial charge in [0.25, 0.3) is 5.91 Å². The number of para-hydroxylation sites is 2. The first-order chi connectivity index (χ1) is 12.5. The molecule has 0 radical (unpaired) electrons. The molecule has 2 aromatic rings. The normalized spacial score (nSPS) is 15.6. The summed E-state index contributed by atoms with van der Waals surface area (Å²) in [6.45, 7) is 7.89. The summed E-state index contributed by atoms with van der Waals surface area (Å²) in [6, 6.07) is 15.4. The van der Waals surface area contributed by atoms with E-state index in [9.17, 15) is 4.79 Å². The molecule has 1 saturated heterocycles. The summed E-state index contributed by atoms with van der Waals surface area (Å²) >= 11 is 0. The molecular weight excluding hydrogens is 431 g/mol. The molecule has 1 fully saturated rings. The van der Waals surface area contributed by atoms with Gasteiger partial charge in [-0.2, -0.15) is 0 Å². The highest BCUT2D eigenvalue weighted by Crippen LogP contribution is 2.20. The van der Waals surface area contributed by atoms with Crippen LogP contribution in [0.15, 0.2) is 48.5 Å². The molecule has 5 nitrogen and oxygen atoms in total. The number of hydrogen-bond donors (Lipinski definition) is 3. The van der Waals surface area contributed by atoms with E-state index in [0.717, 1.165) is 31.7 Å². The van der Waals surface area contributed by atoms with E-state index in [-0.39, 0.29) is 43.1 Å². The van der Waals surface area contributed by atoms with E-state index in [2.05, 4.69) is 29.4 Å². The predicted octanol–water partition coefficient (Wildman–Crippen LogP) is 4.93. The third kappa shape index (κ3) is 7.94. The topological polar surface area (TPSA) is 70.4 Å². The van der Waals surface area contributed by atoms with Crippen LogP contribution in [0.3, 0.4) is 0 Å². The van der Waals surface area contributed by atoms with Crippen LogP contribution in [0.4, 0.5) is 17.1 Å². The summed E-state index contributed by atoms with van der Waals surface area (Å²) in [6.07, 6.45) is 1.16. The second-order valence-electron chi connectivity index (χ2n) is 7.40. The number of nitrogens with zero attached hydrogens (tertiary/aromatic N) is 1. The Labute approximate surface area is 192 Å². The molecule has 1 aliphatic heterocycles. The lowest BCUT2D eigenvalue weighted by Gasteiger charge is -2.19. The van der Waals surface area contributed by atoms with Crippen molar-refractivity contribution in [2.75, 3.05) is 36.0 Å². The minimum atomic E-state index is -0.154. The molecule has 1 heterocycles. The van der Waals surface area contributed by atoms with E-state index >= 15 is 0 Å². The molecule has 1 atom stereocenters. The summed E-state index contributed by atoms with van der Waals surface area (Å²) in [4.78, 5) is 14.9. The molecule has 2 aromatic carbocycles. The largest absolute Gasteiger partial charge is 0.397 e.